The molecular formula is C17H20ClN3. The maximum atomic E-state index is 3.53. The molecule has 0 aliphatic rings. The van der Waals surface area contributed by atoms with Gasteiger partial charge in [-0.3, -0.25) is 0 Å². The number of H-pyrrole nitrogens is 1. The SMILES string of the molecule is CN(C)c1ccc2[nH+]c3ccccc3cc2c1N(C)C.[Cl-]. The molecule has 1 N–H and O–H groups in total. The first kappa shape index (κ1) is 15.4. The lowest BCUT2D eigenvalue weighted by Gasteiger charge is -2.23. The second-order valence-electron chi connectivity index (χ2n) is 5.54. The van der Waals surface area contributed by atoms with Gasteiger partial charge in [-0.15, -0.1) is 0 Å². The van der Waals surface area contributed by atoms with Crippen molar-refractivity contribution in [1.82, 2.24) is 0 Å². The molecule has 1 heterocycles. The highest BCUT2D eigenvalue weighted by Gasteiger charge is 2.15. The Kier molecular flexibility index (Phi) is 4.24. The van der Waals surface area contributed by atoms with Gasteiger partial charge in [-0.25, -0.2) is 4.98 Å². The van der Waals surface area contributed by atoms with Crippen LogP contribution in [0.4, 0.5) is 11.4 Å². The standard InChI is InChI=1S/C17H19N3.ClH/c1-19(2)16-10-9-15-13(17(16)20(3)4)11-12-7-5-6-8-14(12)18-15;/h5-11H,1-4H3;1H. The van der Waals surface area contributed by atoms with Crippen LogP contribution in [0, 0.1) is 0 Å². The van der Waals surface area contributed by atoms with Crippen LogP contribution in [0.15, 0.2) is 42.5 Å². The van der Waals surface area contributed by atoms with Crippen molar-refractivity contribution in [2.24, 2.45) is 0 Å². The summed E-state index contributed by atoms with van der Waals surface area (Å²) in [6, 6.07) is 15.0. The number of halogens is 1. The fraction of sp³-hybridized carbons (Fsp3) is 0.235. The summed E-state index contributed by atoms with van der Waals surface area (Å²) in [4.78, 5) is 7.86. The molecule has 3 rings (SSSR count). The Morgan fingerprint density at radius 3 is 2.19 bits per heavy atom. The third kappa shape index (κ3) is 2.61. The Labute approximate surface area is 131 Å². The van der Waals surface area contributed by atoms with E-state index in [1.807, 2.05) is 0 Å². The zero-order valence-corrected chi connectivity index (χ0v) is 13.6. The number of aromatic nitrogens is 1. The third-order valence-corrected chi connectivity index (χ3v) is 3.65. The van der Waals surface area contributed by atoms with Gasteiger partial charge >= 0.3 is 0 Å². The molecule has 3 aromatic rings. The number of anilines is 2. The first-order valence-corrected chi connectivity index (χ1v) is 6.80. The van der Waals surface area contributed by atoms with E-state index in [1.165, 1.54) is 27.7 Å². The molecule has 0 saturated carbocycles. The van der Waals surface area contributed by atoms with Gasteiger partial charge in [0.25, 0.3) is 0 Å². The molecule has 0 bridgehead atoms. The molecule has 0 fully saturated rings. The Morgan fingerprint density at radius 2 is 1.52 bits per heavy atom. The van der Waals surface area contributed by atoms with Crippen molar-refractivity contribution in [3.63, 3.8) is 0 Å². The lowest BCUT2D eigenvalue weighted by Crippen LogP contribution is -3.00. The predicted octanol–water partition coefficient (Wildman–Crippen LogP) is -0.0569. The molecule has 0 saturated heterocycles. The van der Waals surface area contributed by atoms with E-state index in [9.17, 15) is 0 Å². The van der Waals surface area contributed by atoms with E-state index in [4.69, 9.17) is 0 Å². The van der Waals surface area contributed by atoms with Crippen LogP contribution < -0.4 is 27.2 Å². The normalized spacial score (nSPS) is 10.5. The molecular weight excluding hydrogens is 282 g/mol. The van der Waals surface area contributed by atoms with Gasteiger partial charge in [0.05, 0.1) is 16.8 Å². The number of hydrogen-bond acceptors (Lipinski definition) is 2. The topological polar surface area (TPSA) is 20.6 Å². The second-order valence-corrected chi connectivity index (χ2v) is 5.54. The largest absolute Gasteiger partial charge is 1.00 e. The molecule has 0 spiro atoms. The van der Waals surface area contributed by atoms with Crippen LogP contribution in [0.2, 0.25) is 0 Å². The van der Waals surface area contributed by atoms with Crippen LogP contribution in [-0.2, 0) is 0 Å². The predicted molar refractivity (Wildman–Crippen MR) is 86.7 cm³/mol. The number of pyridine rings is 1. The Bertz CT molecular complexity index is 781. The molecule has 2 aromatic carbocycles. The summed E-state index contributed by atoms with van der Waals surface area (Å²) >= 11 is 0. The molecule has 0 atom stereocenters. The summed E-state index contributed by atoms with van der Waals surface area (Å²) in [7, 11) is 8.35. The van der Waals surface area contributed by atoms with E-state index < -0.39 is 0 Å². The van der Waals surface area contributed by atoms with Crippen LogP contribution >= 0.6 is 0 Å². The summed E-state index contributed by atoms with van der Waals surface area (Å²) in [6.45, 7) is 0. The van der Waals surface area contributed by atoms with Gasteiger partial charge in [0.15, 0.2) is 0 Å². The zero-order chi connectivity index (χ0) is 14.3. The smallest absolute Gasteiger partial charge is 0.213 e. The molecule has 4 heteroatoms. The summed E-state index contributed by atoms with van der Waals surface area (Å²) < 4.78 is 0. The lowest BCUT2D eigenvalue weighted by molar-refractivity contribution is -0.310. The van der Waals surface area contributed by atoms with Crippen molar-refractivity contribution >= 4 is 33.2 Å². The summed E-state index contributed by atoms with van der Waals surface area (Å²) in [5.74, 6) is 0. The third-order valence-electron chi connectivity index (χ3n) is 3.65. The van der Waals surface area contributed by atoms with Gasteiger partial charge in [0.2, 0.25) is 11.0 Å². The van der Waals surface area contributed by atoms with Crippen LogP contribution in [0.1, 0.15) is 0 Å². The molecule has 0 amide bonds. The van der Waals surface area contributed by atoms with Crippen LogP contribution in [0.25, 0.3) is 21.8 Å². The number of nitrogens with one attached hydrogen (secondary N) is 1. The number of hydrogen-bond donors (Lipinski definition) is 0. The second kappa shape index (κ2) is 5.78. The molecule has 0 aliphatic heterocycles. The molecule has 0 radical (unpaired) electrons. The molecule has 110 valence electrons. The van der Waals surface area contributed by atoms with Gasteiger partial charge in [0.1, 0.15) is 0 Å². The van der Waals surface area contributed by atoms with E-state index in [2.05, 4.69) is 85.4 Å². The Hall–Kier alpha value is -2.00. The van der Waals surface area contributed by atoms with E-state index in [1.54, 1.807) is 0 Å². The average Bonchev–Trinajstić information content (AvgIpc) is 2.43. The Balaban J connectivity index is 0.00000161. The zero-order valence-electron chi connectivity index (χ0n) is 12.8. The van der Waals surface area contributed by atoms with Crippen molar-refractivity contribution in [2.45, 2.75) is 0 Å². The van der Waals surface area contributed by atoms with Gasteiger partial charge in [-0.05, 0) is 18.2 Å². The maximum absolute atomic E-state index is 3.53. The fourth-order valence-corrected chi connectivity index (χ4v) is 2.72. The fourth-order valence-electron chi connectivity index (χ4n) is 2.72. The summed E-state index contributed by atoms with van der Waals surface area (Å²) in [6.07, 6.45) is 0. The van der Waals surface area contributed by atoms with Crippen LogP contribution in [-0.4, -0.2) is 28.2 Å². The highest BCUT2D eigenvalue weighted by Crippen LogP contribution is 2.34. The van der Waals surface area contributed by atoms with Crippen molar-refractivity contribution < 1.29 is 17.4 Å². The molecule has 1 aromatic heterocycles. The highest BCUT2D eigenvalue weighted by molar-refractivity contribution is 6.01. The average molecular weight is 302 g/mol. The van der Waals surface area contributed by atoms with Gasteiger partial charge < -0.3 is 22.2 Å². The summed E-state index contributed by atoms with van der Waals surface area (Å²) in [5.41, 5.74) is 4.81. The molecule has 3 nitrogen and oxygen atoms in total. The van der Waals surface area contributed by atoms with Gasteiger partial charge in [-0.1, -0.05) is 12.1 Å². The first-order chi connectivity index (χ1) is 9.58. The van der Waals surface area contributed by atoms with Crippen LogP contribution in [0.3, 0.4) is 0 Å². The van der Waals surface area contributed by atoms with Crippen molar-refractivity contribution in [2.75, 3.05) is 38.0 Å². The van der Waals surface area contributed by atoms with E-state index in [-0.39, 0.29) is 12.4 Å². The minimum atomic E-state index is 0. The van der Waals surface area contributed by atoms with E-state index >= 15 is 0 Å². The van der Waals surface area contributed by atoms with Crippen LogP contribution in [0.5, 0.6) is 0 Å². The lowest BCUT2D eigenvalue weighted by atomic mass is 10.1. The number of para-hydroxylation sites is 1. The number of rotatable bonds is 2. The van der Waals surface area contributed by atoms with E-state index in [0.717, 1.165) is 5.52 Å². The molecule has 21 heavy (non-hydrogen) atoms. The van der Waals surface area contributed by atoms with Gasteiger partial charge in [0, 0.05) is 45.7 Å². The molecule has 0 aliphatic carbocycles. The monoisotopic (exact) mass is 301 g/mol. The van der Waals surface area contributed by atoms with E-state index in [0.29, 0.717) is 0 Å². The number of nitrogens with zero attached hydrogens (tertiary/aromatic N) is 2. The first-order valence-electron chi connectivity index (χ1n) is 6.80. The number of aromatic amines is 1. The highest BCUT2D eigenvalue weighted by atomic mass is 35.5. The van der Waals surface area contributed by atoms with Crippen molar-refractivity contribution in [3.05, 3.63) is 42.5 Å². The Morgan fingerprint density at radius 1 is 0.810 bits per heavy atom. The quantitative estimate of drug-likeness (QED) is 0.619. The van der Waals surface area contributed by atoms with Gasteiger partial charge in [-0.2, -0.15) is 0 Å². The van der Waals surface area contributed by atoms with Crippen molar-refractivity contribution in [3.8, 4) is 0 Å². The minimum Gasteiger partial charge on any atom is -1.00 e. The molecule has 0 unspecified atom stereocenters. The van der Waals surface area contributed by atoms with Crippen molar-refractivity contribution in [1.29, 1.82) is 0 Å². The number of benzene rings is 2. The number of fused-ring (bicyclic) bond motifs is 2. The minimum absolute atomic E-state index is 0. The summed E-state index contributed by atoms with van der Waals surface area (Å²) in [5, 5.41) is 2.49. The maximum Gasteiger partial charge on any atom is 0.213 e.